The maximum atomic E-state index is 9.98. The molecule has 0 amide bonds. The molecule has 1 atom stereocenters. The summed E-state index contributed by atoms with van der Waals surface area (Å²) in [4.78, 5) is 4.15. The normalized spacial score (nSPS) is 12.7. The molecule has 0 radical (unpaired) electrons. The molecule has 2 rings (SSSR count). The predicted octanol–water partition coefficient (Wildman–Crippen LogP) is 3.28. The fraction of sp³-hybridized carbons (Fsp3) is 0.100. The molecule has 0 spiro atoms. The van der Waals surface area contributed by atoms with Crippen LogP contribution in [0.5, 0.6) is 0 Å². The van der Waals surface area contributed by atoms with Gasteiger partial charge in [0.15, 0.2) is 0 Å². The molecule has 2 aromatic rings. The van der Waals surface area contributed by atoms with Gasteiger partial charge in [0.2, 0.25) is 0 Å². The second kappa shape index (κ2) is 4.47. The fourth-order valence-corrected chi connectivity index (χ4v) is 2.42. The number of furan rings is 1. The third kappa shape index (κ3) is 2.30. The van der Waals surface area contributed by atoms with E-state index in [9.17, 15) is 5.11 Å². The highest BCUT2D eigenvalue weighted by Crippen LogP contribution is 2.28. The second-order valence-electron chi connectivity index (χ2n) is 2.98. The van der Waals surface area contributed by atoms with Crippen molar-refractivity contribution < 1.29 is 9.52 Å². The third-order valence-electron chi connectivity index (χ3n) is 1.95. The summed E-state index contributed by atoms with van der Waals surface area (Å²) in [6.45, 7) is 0. The van der Waals surface area contributed by atoms with Crippen LogP contribution >= 0.6 is 31.9 Å². The molecular formula is C10H7Br2NO2. The van der Waals surface area contributed by atoms with Gasteiger partial charge < -0.3 is 9.52 Å². The molecule has 0 aromatic carbocycles. The summed E-state index contributed by atoms with van der Waals surface area (Å²) in [6.07, 6.45) is 3.89. The molecule has 5 heteroatoms. The Morgan fingerprint density at radius 2 is 2.20 bits per heavy atom. The Kier molecular flexibility index (Phi) is 3.23. The maximum absolute atomic E-state index is 9.98. The van der Waals surface area contributed by atoms with Crippen molar-refractivity contribution in [3.8, 4) is 0 Å². The number of pyridine rings is 1. The molecule has 0 saturated carbocycles. The molecule has 0 saturated heterocycles. The molecule has 1 unspecified atom stereocenters. The minimum Gasteiger partial charge on any atom is -0.472 e. The molecule has 0 bridgehead atoms. The zero-order valence-corrected chi connectivity index (χ0v) is 10.7. The lowest BCUT2D eigenvalue weighted by molar-refractivity contribution is 0.213. The summed E-state index contributed by atoms with van der Waals surface area (Å²) in [6, 6.07) is 3.55. The van der Waals surface area contributed by atoms with Crippen molar-refractivity contribution in [1.82, 2.24) is 4.98 Å². The lowest BCUT2D eigenvalue weighted by Crippen LogP contribution is -2.02. The molecule has 0 aliphatic heterocycles. The number of halogens is 2. The van der Waals surface area contributed by atoms with Crippen LogP contribution in [0.15, 0.2) is 44.2 Å². The van der Waals surface area contributed by atoms with Crippen LogP contribution in [0, 0.1) is 0 Å². The van der Waals surface area contributed by atoms with Crippen LogP contribution in [-0.2, 0) is 0 Å². The Labute approximate surface area is 103 Å². The average Bonchev–Trinajstić information content (AvgIpc) is 2.69. The number of aliphatic hydroxyl groups excluding tert-OH is 1. The highest BCUT2D eigenvalue weighted by Gasteiger charge is 2.16. The lowest BCUT2D eigenvalue weighted by atomic mass is 10.1. The molecular weight excluding hydrogens is 326 g/mol. The second-order valence-corrected chi connectivity index (χ2v) is 4.75. The van der Waals surface area contributed by atoms with Gasteiger partial charge in [0.25, 0.3) is 0 Å². The molecule has 1 N–H and O–H groups in total. The van der Waals surface area contributed by atoms with E-state index in [4.69, 9.17) is 4.42 Å². The molecule has 0 aliphatic rings. The van der Waals surface area contributed by atoms with Crippen LogP contribution in [0.25, 0.3) is 0 Å². The van der Waals surface area contributed by atoms with Gasteiger partial charge in [0, 0.05) is 20.7 Å². The molecule has 0 fully saturated rings. The highest BCUT2D eigenvalue weighted by molar-refractivity contribution is 9.11. The molecule has 3 nitrogen and oxygen atoms in total. The number of aromatic nitrogens is 1. The van der Waals surface area contributed by atoms with E-state index in [2.05, 4.69) is 36.8 Å². The van der Waals surface area contributed by atoms with Gasteiger partial charge in [-0.3, -0.25) is 4.98 Å². The van der Waals surface area contributed by atoms with Gasteiger partial charge in [-0.15, -0.1) is 0 Å². The summed E-state index contributed by atoms with van der Waals surface area (Å²) in [5.41, 5.74) is 1.25. The van der Waals surface area contributed by atoms with Crippen LogP contribution in [0.1, 0.15) is 17.4 Å². The Hall–Kier alpha value is -0.650. The summed E-state index contributed by atoms with van der Waals surface area (Å²) in [5.74, 6) is 0. The number of rotatable bonds is 2. The molecule has 0 aliphatic carbocycles. The smallest absolute Gasteiger partial charge is 0.125 e. The van der Waals surface area contributed by atoms with Crippen LogP contribution < -0.4 is 0 Å². The first-order valence-corrected chi connectivity index (χ1v) is 5.78. The van der Waals surface area contributed by atoms with Crippen LogP contribution in [0.2, 0.25) is 0 Å². The van der Waals surface area contributed by atoms with Gasteiger partial charge in [-0.2, -0.15) is 0 Å². The number of hydrogen-bond acceptors (Lipinski definition) is 3. The van der Waals surface area contributed by atoms with Gasteiger partial charge >= 0.3 is 0 Å². The van der Waals surface area contributed by atoms with Crippen molar-refractivity contribution in [3.05, 3.63) is 51.1 Å². The molecule has 2 heterocycles. The predicted molar refractivity (Wildman–Crippen MR) is 62.4 cm³/mol. The van der Waals surface area contributed by atoms with Gasteiger partial charge in [-0.05, 0) is 44.0 Å². The van der Waals surface area contributed by atoms with E-state index in [-0.39, 0.29) is 0 Å². The van der Waals surface area contributed by atoms with Crippen molar-refractivity contribution in [2.75, 3.05) is 0 Å². The van der Waals surface area contributed by atoms with Crippen LogP contribution in [0.3, 0.4) is 0 Å². The van der Waals surface area contributed by atoms with E-state index >= 15 is 0 Å². The van der Waals surface area contributed by atoms with Gasteiger partial charge in [-0.1, -0.05) is 0 Å². The number of nitrogens with zero attached hydrogens (tertiary/aromatic N) is 1. The fourth-order valence-electron chi connectivity index (χ4n) is 1.21. The summed E-state index contributed by atoms with van der Waals surface area (Å²) in [7, 11) is 0. The Balaban J connectivity index is 2.38. The van der Waals surface area contributed by atoms with Gasteiger partial charge in [-0.25, -0.2) is 0 Å². The van der Waals surface area contributed by atoms with E-state index in [0.717, 1.165) is 8.95 Å². The first kappa shape index (κ1) is 10.9. The first-order chi connectivity index (χ1) is 7.18. The quantitative estimate of drug-likeness (QED) is 0.918. The Morgan fingerprint density at radius 1 is 1.40 bits per heavy atom. The number of aliphatic hydroxyl groups is 1. The zero-order chi connectivity index (χ0) is 10.8. The lowest BCUT2D eigenvalue weighted by Gasteiger charge is -2.09. The molecule has 2 aromatic heterocycles. The van der Waals surface area contributed by atoms with E-state index < -0.39 is 6.10 Å². The summed E-state index contributed by atoms with van der Waals surface area (Å²) < 4.78 is 6.52. The zero-order valence-electron chi connectivity index (χ0n) is 7.52. The van der Waals surface area contributed by atoms with Gasteiger partial charge in [0.05, 0.1) is 18.2 Å². The van der Waals surface area contributed by atoms with Crippen molar-refractivity contribution in [1.29, 1.82) is 0 Å². The number of hydrogen-bond donors (Lipinski definition) is 1. The minimum atomic E-state index is -0.772. The summed E-state index contributed by atoms with van der Waals surface area (Å²) in [5, 5.41) is 9.98. The Morgan fingerprint density at radius 3 is 2.80 bits per heavy atom. The van der Waals surface area contributed by atoms with Crippen molar-refractivity contribution in [2.45, 2.75) is 6.10 Å². The van der Waals surface area contributed by atoms with E-state index in [1.165, 1.54) is 12.5 Å². The third-order valence-corrected chi connectivity index (χ3v) is 3.02. The highest BCUT2D eigenvalue weighted by atomic mass is 79.9. The van der Waals surface area contributed by atoms with Crippen LogP contribution in [-0.4, -0.2) is 10.1 Å². The van der Waals surface area contributed by atoms with Crippen molar-refractivity contribution in [3.63, 3.8) is 0 Å². The van der Waals surface area contributed by atoms with Crippen molar-refractivity contribution >= 4 is 31.9 Å². The van der Waals surface area contributed by atoms with E-state index in [1.807, 2.05) is 6.07 Å². The summed E-state index contributed by atoms with van der Waals surface area (Å²) >= 11 is 6.65. The molecule has 78 valence electrons. The first-order valence-electron chi connectivity index (χ1n) is 4.19. The van der Waals surface area contributed by atoms with Gasteiger partial charge in [0.1, 0.15) is 6.10 Å². The standard InChI is InChI=1S/C10H7Br2NO2/c11-7-3-8(12)9(13-4-7)10(14)6-1-2-15-5-6/h1-5,10,14H. The van der Waals surface area contributed by atoms with Crippen molar-refractivity contribution in [2.24, 2.45) is 0 Å². The Bertz CT molecular complexity index is 456. The van der Waals surface area contributed by atoms with E-state index in [0.29, 0.717) is 11.3 Å². The van der Waals surface area contributed by atoms with E-state index in [1.54, 1.807) is 12.3 Å². The average molecular weight is 333 g/mol. The SMILES string of the molecule is OC(c1ccoc1)c1ncc(Br)cc1Br. The minimum absolute atomic E-state index is 0.569. The maximum Gasteiger partial charge on any atom is 0.125 e. The topological polar surface area (TPSA) is 46.3 Å². The van der Waals surface area contributed by atoms with Crippen LogP contribution in [0.4, 0.5) is 0 Å². The molecule has 15 heavy (non-hydrogen) atoms. The monoisotopic (exact) mass is 331 g/mol. The largest absolute Gasteiger partial charge is 0.472 e.